The Morgan fingerprint density at radius 2 is 1.82 bits per heavy atom. The van der Waals surface area contributed by atoms with Crippen molar-refractivity contribution in [1.29, 1.82) is 0 Å². The Labute approximate surface area is 104 Å². The second-order valence-electron chi connectivity index (χ2n) is 4.78. The average Bonchev–Trinajstić information content (AvgIpc) is 2.29. The summed E-state index contributed by atoms with van der Waals surface area (Å²) in [4.78, 5) is 11.7. The van der Waals surface area contributed by atoms with Crippen LogP contribution in [0, 0.1) is 0 Å². The first kappa shape index (κ1) is 13.8. The standard InChI is InChI=1S/C15H23NO/c1-4-5-6-7-13-8-10-14(11-9-13)15(17)16-12(2)3/h8-12H,4-7H2,1-3H3,(H,16,17). The van der Waals surface area contributed by atoms with Gasteiger partial charge in [-0.05, 0) is 44.4 Å². The van der Waals surface area contributed by atoms with Crippen molar-refractivity contribution in [2.45, 2.75) is 52.5 Å². The Balaban J connectivity index is 2.52. The highest BCUT2D eigenvalue weighted by molar-refractivity contribution is 5.94. The lowest BCUT2D eigenvalue weighted by Gasteiger charge is -2.08. The van der Waals surface area contributed by atoms with Crippen molar-refractivity contribution < 1.29 is 4.79 Å². The van der Waals surface area contributed by atoms with Crippen LogP contribution in [0.1, 0.15) is 56.0 Å². The first-order chi connectivity index (χ1) is 8.13. The van der Waals surface area contributed by atoms with Gasteiger partial charge in [0.05, 0.1) is 0 Å². The van der Waals surface area contributed by atoms with E-state index < -0.39 is 0 Å². The minimum atomic E-state index is 0.0140. The minimum absolute atomic E-state index is 0.0140. The van der Waals surface area contributed by atoms with E-state index in [2.05, 4.69) is 24.4 Å². The maximum Gasteiger partial charge on any atom is 0.251 e. The van der Waals surface area contributed by atoms with Gasteiger partial charge in [0.1, 0.15) is 0 Å². The van der Waals surface area contributed by atoms with Crippen molar-refractivity contribution in [2.24, 2.45) is 0 Å². The first-order valence-corrected chi connectivity index (χ1v) is 6.53. The third-order valence-electron chi connectivity index (χ3n) is 2.70. The summed E-state index contributed by atoms with van der Waals surface area (Å²) in [5.74, 6) is 0.0140. The lowest BCUT2D eigenvalue weighted by atomic mass is 10.1. The molecule has 0 atom stereocenters. The molecule has 0 radical (unpaired) electrons. The molecule has 1 aromatic rings. The predicted molar refractivity (Wildman–Crippen MR) is 72.3 cm³/mol. The fourth-order valence-corrected chi connectivity index (χ4v) is 1.75. The number of rotatable bonds is 6. The molecule has 1 aromatic carbocycles. The van der Waals surface area contributed by atoms with Crippen LogP contribution in [0.4, 0.5) is 0 Å². The monoisotopic (exact) mass is 233 g/mol. The molecule has 1 rings (SSSR count). The highest BCUT2D eigenvalue weighted by atomic mass is 16.1. The zero-order valence-electron chi connectivity index (χ0n) is 11.1. The molecule has 0 bridgehead atoms. The number of hydrogen-bond acceptors (Lipinski definition) is 1. The van der Waals surface area contributed by atoms with Crippen molar-refractivity contribution in [1.82, 2.24) is 5.32 Å². The lowest BCUT2D eigenvalue weighted by Crippen LogP contribution is -2.29. The third-order valence-corrected chi connectivity index (χ3v) is 2.70. The third kappa shape index (κ3) is 5.03. The Morgan fingerprint density at radius 1 is 1.18 bits per heavy atom. The molecule has 0 spiro atoms. The molecule has 0 aliphatic carbocycles. The van der Waals surface area contributed by atoms with E-state index in [-0.39, 0.29) is 11.9 Å². The summed E-state index contributed by atoms with van der Waals surface area (Å²) in [6.45, 7) is 6.15. The normalized spacial score (nSPS) is 10.6. The molecular formula is C15H23NO. The maximum absolute atomic E-state index is 11.7. The second-order valence-corrected chi connectivity index (χ2v) is 4.78. The second kappa shape index (κ2) is 7.10. The van der Waals surface area contributed by atoms with Gasteiger partial charge in [-0.15, -0.1) is 0 Å². The van der Waals surface area contributed by atoms with Gasteiger partial charge in [-0.3, -0.25) is 4.79 Å². The van der Waals surface area contributed by atoms with Crippen molar-refractivity contribution in [2.75, 3.05) is 0 Å². The SMILES string of the molecule is CCCCCc1ccc(C(=O)NC(C)C)cc1. The van der Waals surface area contributed by atoms with Crippen molar-refractivity contribution in [3.63, 3.8) is 0 Å². The van der Waals surface area contributed by atoms with E-state index in [1.807, 2.05) is 26.0 Å². The van der Waals surface area contributed by atoms with Crippen LogP contribution >= 0.6 is 0 Å². The van der Waals surface area contributed by atoms with E-state index in [4.69, 9.17) is 0 Å². The molecular weight excluding hydrogens is 210 g/mol. The van der Waals surface area contributed by atoms with E-state index in [0.29, 0.717) is 0 Å². The van der Waals surface area contributed by atoms with E-state index >= 15 is 0 Å². The summed E-state index contributed by atoms with van der Waals surface area (Å²) in [6.07, 6.45) is 4.86. The van der Waals surface area contributed by atoms with Gasteiger partial charge >= 0.3 is 0 Å². The number of aryl methyl sites for hydroxylation is 1. The molecule has 0 fully saturated rings. The molecule has 0 saturated carbocycles. The number of unbranched alkanes of at least 4 members (excludes halogenated alkanes) is 2. The Morgan fingerprint density at radius 3 is 2.35 bits per heavy atom. The lowest BCUT2D eigenvalue weighted by molar-refractivity contribution is 0.0943. The number of benzene rings is 1. The fourth-order valence-electron chi connectivity index (χ4n) is 1.75. The molecule has 17 heavy (non-hydrogen) atoms. The average molecular weight is 233 g/mol. The summed E-state index contributed by atoms with van der Waals surface area (Å²) in [7, 11) is 0. The zero-order valence-corrected chi connectivity index (χ0v) is 11.1. The van der Waals surface area contributed by atoms with Gasteiger partial charge in [0.25, 0.3) is 5.91 Å². The Hall–Kier alpha value is -1.31. The fraction of sp³-hybridized carbons (Fsp3) is 0.533. The quantitative estimate of drug-likeness (QED) is 0.748. The topological polar surface area (TPSA) is 29.1 Å². The van der Waals surface area contributed by atoms with Gasteiger partial charge in [-0.25, -0.2) is 0 Å². The molecule has 0 saturated heterocycles. The summed E-state index contributed by atoms with van der Waals surface area (Å²) >= 11 is 0. The Bertz CT molecular complexity index is 340. The molecule has 0 aliphatic heterocycles. The molecule has 1 N–H and O–H groups in total. The molecule has 0 aliphatic rings. The molecule has 0 heterocycles. The number of carbonyl (C=O) groups excluding carboxylic acids is 1. The van der Waals surface area contributed by atoms with Crippen LogP contribution in [0.2, 0.25) is 0 Å². The van der Waals surface area contributed by atoms with Gasteiger partial charge in [-0.2, -0.15) is 0 Å². The number of hydrogen-bond donors (Lipinski definition) is 1. The summed E-state index contributed by atoms with van der Waals surface area (Å²) in [5, 5.41) is 2.89. The van der Waals surface area contributed by atoms with Gasteiger partial charge < -0.3 is 5.32 Å². The van der Waals surface area contributed by atoms with E-state index in [1.54, 1.807) is 0 Å². The van der Waals surface area contributed by atoms with Crippen LogP contribution in [0.3, 0.4) is 0 Å². The zero-order chi connectivity index (χ0) is 12.7. The summed E-state index contributed by atoms with van der Waals surface area (Å²) in [6, 6.07) is 8.14. The van der Waals surface area contributed by atoms with Crippen LogP contribution in [0.15, 0.2) is 24.3 Å². The smallest absolute Gasteiger partial charge is 0.251 e. The molecule has 0 unspecified atom stereocenters. The van der Waals surface area contributed by atoms with Crippen molar-refractivity contribution >= 4 is 5.91 Å². The molecule has 0 aromatic heterocycles. The highest BCUT2D eigenvalue weighted by Crippen LogP contribution is 2.09. The highest BCUT2D eigenvalue weighted by Gasteiger charge is 2.06. The minimum Gasteiger partial charge on any atom is -0.350 e. The molecule has 2 nitrogen and oxygen atoms in total. The van der Waals surface area contributed by atoms with E-state index in [9.17, 15) is 4.79 Å². The van der Waals surface area contributed by atoms with Gasteiger partial charge in [-0.1, -0.05) is 31.9 Å². The number of amides is 1. The van der Waals surface area contributed by atoms with E-state index in [0.717, 1.165) is 12.0 Å². The first-order valence-electron chi connectivity index (χ1n) is 6.53. The van der Waals surface area contributed by atoms with Crippen LogP contribution in [0.25, 0.3) is 0 Å². The van der Waals surface area contributed by atoms with Crippen LogP contribution < -0.4 is 5.32 Å². The maximum atomic E-state index is 11.7. The van der Waals surface area contributed by atoms with Gasteiger partial charge in [0, 0.05) is 11.6 Å². The van der Waals surface area contributed by atoms with Crippen molar-refractivity contribution in [3.05, 3.63) is 35.4 Å². The summed E-state index contributed by atoms with van der Waals surface area (Å²) in [5.41, 5.74) is 2.07. The van der Waals surface area contributed by atoms with Crippen LogP contribution in [0.5, 0.6) is 0 Å². The van der Waals surface area contributed by atoms with Crippen molar-refractivity contribution in [3.8, 4) is 0 Å². The van der Waals surface area contributed by atoms with Gasteiger partial charge in [0.15, 0.2) is 0 Å². The summed E-state index contributed by atoms with van der Waals surface area (Å²) < 4.78 is 0. The van der Waals surface area contributed by atoms with E-state index in [1.165, 1.54) is 24.8 Å². The number of carbonyl (C=O) groups is 1. The predicted octanol–water partition coefficient (Wildman–Crippen LogP) is 3.56. The van der Waals surface area contributed by atoms with Gasteiger partial charge in [0.2, 0.25) is 0 Å². The molecule has 94 valence electrons. The molecule has 1 amide bonds. The Kier molecular flexibility index (Phi) is 5.75. The van der Waals surface area contributed by atoms with Crippen LogP contribution in [-0.4, -0.2) is 11.9 Å². The number of nitrogens with one attached hydrogen (secondary N) is 1. The largest absolute Gasteiger partial charge is 0.350 e. The molecule has 2 heteroatoms. The van der Waals surface area contributed by atoms with Crippen LogP contribution in [-0.2, 0) is 6.42 Å².